The van der Waals surface area contributed by atoms with E-state index in [9.17, 15) is 0 Å². The summed E-state index contributed by atoms with van der Waals surface area (Å²) in [5.74, 6) is 1.85. The minimum atomic E-state index is 0.523. The van der Waals surface area contributed by atoms with Crippen LogP contribution in [0.1, 0.15) is 39.5 Å². The molecular formula is C14H29N3. The average Bonchev–Trinajstić information content (AvgIpc) is 2.15. The van der Waals surface area contributed by atoms with E-state index in [1.807, 2.05) is 0 Å². The van der Waals surface area contributed by atoms with Gasteiger partial charge < -0.3 is 9.80 Å². The maximum Gasteiger partial charge on any atom is 0.195 e. The molecule has 0 amide bonds. The lowest BCUT2D eigenvalue weighted by molar-refractivity contribution is 0.184. The predicted molar refractivity (Wildman–Crippen MR) is 75.4 cm³/mol. The van der Waals surface area contributed by atoms with Gasteiger partial charge in [0.1, 0.15) is 0 Å². The van der Waals surface area contributed by atoms with E-state index in [4.69, 9.17) is 4.99 Å². The molecule has 0 bridgehead atoms. The lowest BCUT2D eigenvalue weighted by Crippen LogP contribution is -2.36. The summed E-state index contributed by atoms with van der Waals surface area (Å²) in [6.45, 7) is 5.76. The highest BCUT2D eigenvalue weighted by Crippen LogP contribution is 2.38. The first kappa shape index (κ1) is 14.3. The molecule has 3 nitrogen and oxygen atoms in total. The summed E-state index contributed by atoms with van der Waals surface area (Å²) >= 11 is 0. The SMILES string of the molecule is CN(C)C(=NCC1CCCC(C)(C)C1)N(C)C. The second-order valence-corrected chi connectivity index (χ2v) is 6.56. The fourth-order valence-corrected chi connectivity index (χ4v) is 2.90. The number of hydrogen-bond donors (Lipinski definition) is 0. The van der Waals surface area contributed by atoms with E-state index < -0.39 is 0 Å². The third kappa shape index (κ3) is 4.57. The van der Waals surface area contributed by atoms with Crippen molar-refractivity contribution in [2.24, 2.45) is 16.3 Å². The fourth-order valence-electron chi connectivity index (χ4n) is 2.90. The van der Waals surface area contributed by atoms with Crippen molar-refractivity contribution in [1.82, 2.24) is 9.80 Å². The van der Waals surface area contributed by atoms with Crippen molar-refractivity contribution in [1.29, 1.82) is 0 Å². The van der Waals surface area contributed by atoms with Crippen LogP contribution in [0.4, 0.5) is 0 Å². The molecule has 0 aromatic heterocycles. The summed E-state index contributed by atoms with van der Waals surface area (Å²) in [4.78, 5) is 8.96. The first-order chi connectivity index (χ1) is 7.82. The Morgan fingerprint density at radius 1 is 1.18 bits per heavy atom. The van der Waals surface area contributed by atoms with Crippen LogP contribution in [-0.4, -0.2) is 50.5 Å². The summed E-state index contributed by atoms with van der Waals surface area (Å²) < 4.78 is 0. The molecule has 17 heavy (non-hydrogen) atoms. The lowest BCUT2D eigenvalue weighted by Gasteiger charge is -2.35. The van der Waals surface area contributed by atoms with Crippen LogP contribution < -0.4 is 0 Å². The Hall–Kier alpha value is -0.730. The zero-order chi connectivity index (χ0) is 13.1. The van der Waals surface area contributed by atoms with Gasteiger partial charge in [0.15, 0.2) is 5.96 Å². The molecule has 0 saturated heterocycles. The monoisotopic (exact) mass is 239 g/mol. The fraction of sp³-hybridized carbons (Fsp3) is 0.929. The van der Waals surface area contributed by atoms with Gasteiger partial charge in [-0.25, -0.2) is 0 Å². The molecule has 1 aliphatic carbocycles. The van der Waals surface area contributed by atoms with Crippen molar-refractivity contribution in [3.05, 3.63) is 0 Å². The lowest BCUT2D eigenvalue weighted by atomic mass is 9.72. The van der Waals surface area contributed by atoms with Crippen LogP contribution in [0.25, 0.3) is 0 Å². The first-order valence-corrected chi connectivity index (χ1v) is 6.71. The molecule has 1 fully saturated rings. The van der Waals surface area contributed by atoms with Gasteiger partial charge in [-0.05, 0) is 30.6 Å². The summed E-state index contributed by atoms with van der Waals surface area (Å²) in [5, 5.41) is 0. The Bertz CT molecular complexity index is 257. The molecule has 0 aromatic carbocycles. The predicted octanol–water partition coefficient (Wildman–Crippen LogP) is 2.68. The zero-order valence-electron chi connectivity index (χ0n) is 12.5. The second-order valence-electron chi connectivity index (χ2n) is 6.56. The molecule has 0 heterocycles. The van der Waals surface area contributed by atoms with E-state index in [-0.39, 0.29) is 0 Å². The summed E-state index contributed by atoms with van der Waals surface area (Å²) in [6, 6.07) is 0. The maximum atomic E-state index is 4.78. The van der Waals surface area contributed by atoms with Crippen molar-refractivity contribution < 1.29 is 0 Å². The van der Waals surface area contributed by atoms with Crippen LogP contribution in [0.5, 0.6) is 0 Å². The van der Waals surface area contributed by atoms with Crippen molar-refractivity contribution in [2.75, 3.05) is 34.7 Å². The van der Waals surface area contributed by atoms with Gasteiger partial charge in [0, 0.05) is 34.7 Å². The number of aliphatic imine (C=N–C) groups is 1. The molecule has 0 N–H and O–H groups in total. The normalized spacial score (nSPS) is 23.1. The molecule has 1 rings (SSSR count). The zero-order valence-corrected chi connectivity index (χ0v) is 12.5. The highest BCUT2D eigenvalue weighted by molar-refractivity contribution is 5.79. The van der Waals surface area contributed by atoms with Crippen LogP contribution in [0.3, 0.4) is 0 Å². The molecule has 0 spiro atoms. The molecule has 0 radical (unpaired) electrons. The Kier molecular flexibility index (Phi) is 4.84. The Morgan fingerprint density at radius 3 is 2.24 bits per heavy atom. The highest BCUT2D eigenvalue weighted by Gasteiger charge is 2.27. The molecule has 0 aromatic rings. The van der Waals surface area contributed by atoms with Crippen LogP contribution in [-0.2, 0) is 0 Å². The van der Waals surface area contributed by atoms with Crippen LogP contribution in [0.2, 0.25) is 0 Å². The van der Waals surface area contributed by atoms with Crippen LogP contribution in [0.15, 0.2) is 4.99 Å². The van der Waals surface area contributed by atoms with Crippen molar-refractivity contribution >= 4 is 5.96 Å². The molecule has 100 valence electrons. The molecule has 0 aliphatic heterocycles. The van der Waals surface area contributed by atoms with Gasteiger partial charge in [-0.2, -0.15) is 0 Å². The number of rotatable bonds is 2. The van der Waals surface area contributed by atoms with Gasteiger partial charge >= 0.3 is 0 Å². The van der Waals surface area contributed by atoms with E-state index in [0.29, 0.717) is 5.41 Å². The highest BCUT2D eigenvalue weighted by atomic mass is 15.3. The van der Waals surface area contributed by atoms with Gasteiger partial charge in [0.05, 0.1) is 0 Å². The number of guanidine groups is 1. The largest absolute Gasteiger partial charge is 0.349 e. The number of hydrogen-bond acceptors (Lipinski definition) is 1. The first-order valence-electron chi connectivity index (χ1n) is 6.71. The second kappa shape index (κ2) is 5.74. The summed E-state index contributed by atoms with van der Waals surface area (Å²) in [6.07, 6.45) is 5.42. The molecule has 1 atom stereocenters. The maximum absolute atomic E-state index is 4.78. The van der Waals surface area contributed by atoms with Gasteiger partial charge in [-0.3, -0.25) is 4.99 Å². The summed E-state index contributed by atoms with van der Waals surface area (Å²) in [5.41, 5.74) is 0.523. The van der Waals surface area contributed by atoms with E-state index in [1.165, 1.54) is 25.7 Å². The minimum absolute atomic E-state index is 0.523. The van der Waals surface area contributed by atoms with Gasteiger partial charge in [0.2, 0.25) is 0 Å². The summed E-state index contributed by atoms with van der Waals surface area (Å²) in [7, 11) is 8.24. The Morgan fingerprint density at radius 2 is 1.76 bits per heavy atom. The van der Waals surface area contributed by atoms with Gasteiger partial charge in [-0.15, -0.1) is 0 Å². The molecule has 3 heteroatoms. The van der Waals surface area contributed by atoms with Gasteiger partial charge in [0.25, 0.3) is 0 Å². The average molecular weight is 239 g/mol. The van der Waals surface area contributed by atoms with Crippen molar-refractivity contribution in [3.63, 3.8) is 0 Å². The topological polar surface area (TPSA) is 18.8 Å². The standard InChI is InChI=1S/C14H29N3/c1-14(2)9-7-8-12(10-14)11-15-13(16(3)4)17(5)6/h12H,7-11H2,1-6H3. The van der Waals surface area contributed by atoms with Crippen molar-refractivity contribution in [3.8, 4) is 0 Å². The third-order valence-corrected chi connectivity index (χ3v) is 3.60. The quantitative estimate of drug-likeness (QED) is 0.545. The van der Waals surface area contributed by atoms with Crippen LogP contribution >= 0.6 is 0 Å². The molecule has 1 aliphatic rings. The smallest absolute Gasteiger partial charge is 0.195 e. The van der Waals surface area contributed by atoms with Crippen molar-refractivity contribution in [2.45, 2.75) is 39.5 Å². The third-order valence-electron chi connectivity index (χ3n) is 3.60. The van der Waals surface area contributed by atoms with E-state index in [1.54, 1.807) is 0 Å². The van der Waals surface area contributed by atoms with Crippen LogP contribution in [0, 0.1) is 11.3 Å². The van der Waals surface area contributed by atoms with E-state index in [2.05, 4.69) is 51.8 Å². The minimum Gasteiger partial charge on any atom is -0.349 e. The molecule has 1 unspecified atom stereocenters. The van der Waals surface area contributed by atoms with Gasteiger partial charge in [-0.1, -0.05) is 20.3 Å². The van der Waals surface area contributed by atoms with E-state index in [0.717, 1.165) is 18.4 Å². The van der Waals surface area contributed by atoms with E-state index >= 15 is 0 Å². The Labute approximate surface area is 107 Å². The Balaban J connectivity index is 2.56. The number of nitrogens with zero attached hydrogens (tertiary/aromatic N) is 3. The molecule has 1 saturated carbocycles. The molecular weight excluding hydrogens is 210 g/mol.